The molecule has 1 aromatic carbocycles. The van der Waals surface area contributed by atoms with Crippen molar-refractivity contribution >= 4 is 11.0 Å². The van der Waals surface area contributed by atoms with Crippen molar-refractivity contribution in [2.75, 3.05) is 13.7 Å². The molecule has 1 aromatic heterocycles. The number of hydrogen-bond acceptors (Lipinski definition) is 4. The maximum absolute atomic E-state index is 9.70. The van der Waals surface area contributed by atoms with Crippen LogP contribution in [0.4, 0.5) is 0 Å². The summed E-state index contributed by atoms with van der Waals surface area (Å²) in [4.78, 5) is 0. The normalized spacial score (nSPS) is 13.0. The summed E-state index contributed by atoms with van der Waals surface area (Å²) in [6, 6.07) is 5.53. The molecule has 2 rings (SSSR count). The predicted molar refractivity (Wildman–Crippen MR) is 61.5 cm³/mol. The number of hydrogen-bond donors (Lipinski definition) is 2. The lowest BCUT2D eigenvalue weighted by Crippen LogP contribution is -2.11. The number of ether oxygens (including phenoxy) is 1. The van der Waals surface area contributed by atoms with Crippen molar-refractivity contribution in [3.8, 4) is 5.75 Å². The average molecular weight is 221 g/mol. The summed E-state index contributed by atoms with van der Waals surface area (Å²) in [6.07, 6.45) is -0.673. The van der Waals surface area contributed by atoms with Gasteiger partial charge in [0, 0.05) is 11.9 Å². The number of rotatable bonds is 3. The maximum atomic E-state index is 9.70. The van der Waals surface area contributed by atoms with Gasteiger partial charge in [-0.25, -0.2) is 0 Å². The minimum Gasteiger partial charge on any atom is -0.493 e. The Kier molecular flexibility index (Phi) is 2.85. The van der Waals surface area contributed by atoms with Gasteiger partial charge >= 0.3 is 0 Å². The summed E-state index contributed by atoms with van der Waals surface area (Å²) in [5, 5.41) is 10.6. The third-order valence-corrected chi connectivity index (χ3v) is 2.56. The molecule has 1 heterocycles. The molecule has 0 aliphatic rings. The minimum atomic E-state index is -0.673. The Morgan fingerprint density at radius 1 is 1.44 bits per heavy atom. The van der Waals surface area contributed by atoms with E-state index in [1.165, 1.54) is 0 Å². The highest BCUT2D eigenvalue weighted by Gasteiger charge is 2.13. The first-order valence-electron chi connectivity index (χ1n) is 5.12. The fourth-order valence-corrected chi connectivity index (χ4v) is 1.75. The van der Waals surface area contributed by atoms with Crippen molar-refractivity contribution in [3.05, 3.63) is 29.5 Å². The van der Waals surface area contributed by atoms with E-state index in [2.05, 4.69) is 0 Å². The van der Waals surface area contributed by atoms with Crippen molar-refractivity contribution in [1.29, 1.82) is 0 Å². The van der Waals surface area contributed by atoms with Gasteiger partial charge in [-0.05, 0) is 30.7 Å². The highest BCUT2D eigenvalue weighted by molar-refractivity contribution is 5.84. The second kappa shape index (κ2) is 4.15. The van der Waals surface area contributed by atoms with Gasteiger partial charge in [0.25, 0.3) is 0 Å². The molecule has 0 fully saturated rings. The summed E-state index contributed by atoms with van der Waals surface area (Å²) >= 11 is 0. The number of fused-ring (bicyclic) bond motifs is 1. The molecule has 16 heavy (non-hydrogen) atoms. The van der Waals surface area contributed by atoms with E-state index in [1.807, 2.05) is 19.1 Å². The van der Waals surface area contributed by atoms with Gasteiger partial charge in [0.05, 0.1) is 13.2 Å². The minimum absolute atomic E-state index is 0.186. The monoisotopic (exact) mass is 221 g/mol. The number of furan rings is 1. The molecule has 0 radical (unpaired) electrons. The van der Waals surface area contributed by atoms with Gasteiger partial charge in [-0.3, -0.25) is 0 Å². The Morgan fingerprint density at radius 3 is 2.81 bits per heavy atom. The fraction of sp³-hybridized carbons (Fsp3) is 0.333. The van der Waals surface area contributed by atoms with Crippen molar-refractivity contribution in [2.45, 2.75) is 13.0 Å². The predicted octanol–water partition coefficient (Wildman–Crippen LogP) is 1.74. The van der Waals surface area contributed by atoms with Gasteiger partial charge < -0.3 is 20.0 Å². The largest absolute Gasteiger partial charge is 0.493 e. The smallest absolute Gasteiger partial charge is 0.176 e. The van der Waals surface area contributed by atoms with Crippen LogP contribution in [0.3, 0.4) is 0 Å². The molecule has 0 spiro atoms. The summed E-state index contributed by atoms with van der Waals surface area (Å²) in [7, 11) is 1.57. The van der Waals surface area contributed by atoms with Gasteiger partial charge in [-0.1, -0.05) is 0 Å². The molecule has 1 unspecified atom stereocenters. The number of aliphatic hydroxyl groups excluding tert-OH is 1. The molecule has 0 aliphatic heterocycles. The van der Waals surface area contributed by atoms with Crippen LogP contribution >= 0.6 is 0 Å². The van der Waals surface area contributed by atoms with Crippen LogP contribution in [0.2, 0.25) is 0 Å². The van der Waals surface area contributed by atoms with E-state index < -0.39 is 6.10 Å². The summed E-state index contributed by atoms with van der Waals surface area (Å²) in [6.45, 7) is 2.06. The van der Waals surface area contributed by atoms with Gasteiger partial charge in [-0.2, -0.15) is 0 Å². The number of methoxy groups -OCH3 is 1. The average Bonchev–Trinajstić information content (AvgIpc) is 2.66. The van der Waals surface area contributed by atoms with Crippen molar-refractivity contribution in [1.82, 2.24) is 0 Å². The molecule has 86 valence electrons. The molecule has 0 saturated carbocycles. The van der Waals surface area contributed by atoms with Crippen LogP contribution in [0, 0.1) is 6.92 Å². The van der Waals surface area contributed by atoms with Crippen molar-refractivity contribution in [2.24, 2.45) is 5.73 Å². The van der Waals surface area contributed by atoms with Crippen LogP contribution in [0.15, 0.2) is 22.6 Å². The highest BCUT2D eigenvalue weighted by atomic mass is 16.5. The van der Waals surface area contributed by atoms with Crippen molar-refractivity contribution in [3.63, 3.8) is 0 Å². The SMILES string of the molecule is COc1cc(C(O)CN)cc2cc(C)oc12. The van der Waals surface area contributed by atoms with E-state index in [4.69, 9.17) is 14.9 Å². The van der Waals surface area contributed by atoms with E-state index in [1.54, 1.807) is 13.2 Å². The lowest BCUT2D eigenvalue weighted by molar-refractivity contribution is 0.186. The Bertz CT molecular complexity index is 504. The number of aliphatic hydroxyl groups is 1. The number of aryl methyl sites for hydroxylation is 1. The molecular formula is C12H15NO3. The zero-order valence-electron chi connectivity index (χ0n) is 9.36. The van der Waals surface area contributed by atoms with E-state index in [-0.39, 0.29) is 6.54 Å². The summed E-state index contributed by atoms with van der Waals surface area (Å²) < 4.78 is 10.8. The van der Waals surface area contributed by atoms with Gasteiger partial charge in [0.2, 0.25) is 0 Å². The second-order valence-electron chi connectivity index (χ2n) is 3.75. The Labute approximate surface area is 93.6 Å². The van der Waals surface area contributed by atoms with Crippen LogP contribution in [0.5, 0.6) is 5.75 Å². The standard InChI is InChI=1S/C12H15NO3/c1-7-3-9-4-8(10(14)6-13)5-11(15-2)12(9)16-7/h3-5,10,14H,6,13H2,1-2H3. The molecular weight excluding hydrogens is 206 g/mol. The molecule has 0 amide bonds. The molecule has 4 heteroatoms. The van der Waals surface area contributed by atoms with Crippen LogP contribution < -0.4 is 10.5 Å². The lowest BCUT2D eigenvalue weighted by Gasteiger charge is -2.10. The first-order valence-corrected chi connectivity index (χ1v) is 5.12. The molecule has 1 atom stereocenters. The summed E-state index contributed by atoms with van der Waals surface area (Å²) in [5.41, 5.74) is 6.88. The topological polar surface area (TPSA) is 68.6 Å². The molecule has 0 aliphatic carbocycles. The van der Waals surface area contributed by atoms with Crippen molar-refractivity contribution < 1.29 is 14.3 Å². The Balaban J connectivity index is 2.62. The van der Waals surface area contributed by atoms with E-state index in [0.29, 0.717) is 11.3 Å². The molecule has 2 aromatic rings. The van der Waals surface area contributed by atoms with Gasteiger partial charge in [0.1, 0.15) is 5.76 Å². The Hall–Kier alpha value is -1.52. The zero-order valence-corrected chi connectivity index (χ0v) is 9.36. The molecule has 4 nitrogen and oxygen atoms in total. The second-order valence-corrected chi connectivity index (χ2v) is 3.75. The third kappa shape index (κ3) is 1.77. The maximum Gasteiger partial charge on any atom is 0.176 e. The quantitative estimate of drug-likeness (QED) is 0.828. The zero-order chi connectivity index (χ0) is 11.7. The van der Waals surface area contributed by atoms with Crippen LogP contribution in [-0.2, 0) is 0 Å². The van der Waals surface area contributed by atoms with Crippen LogP contribution in [0.1, 0.15) is 17.4 Å². The molecule has 3 N–H and O–H groups in total. The van der Waals surface area contributed by atoms with Gasteiger partial charge in [-0.15, -0.1) is 0 Å². The Morgan fingerprint density at radius 2 is 2.19 bits per heavy atom. The van der Waals surface area contributed by atoms with Gasteiger partial charge in [0.15, 0.2) is 11.3 Å². The fourth-order valence-electron chi connectivity index (χ4n) is 1.75. The number of benzene rings is 1. The van der Waals surface area contributed by atoms with E-state index in [9.17, 15) is 5.11 Å². The first-order chi connectivity index (χ1) is 7.65. The van der Waals surface area contributed by atoms with Crippen LogP contribution in [0.25, 0.3) is 11.0 Å². The highest BCUT2D eigenvalue weighted by Crippen LogP contribution is 2.32. The molecule has 0 bridgehead atoms. The molecule has 0 saturated heterocycles. The van der Waals surface area contributed by atoms with Crippen LogP contribution in [-0.4, -0.2) is 18.8 Å². The number of nitrogens with two attached hydrogens (primary N) is 1. The summed E-state index contributed by atoms with van der Waals surface area (Å²) in [5.74, 6) is 1.43. The lowest BCUT2D eigenvalue weighted by atomic mass is 10.1. The van der Waals surface area contributed by atoms with E-state index >= 15 is 0 Å². The van der Waals surface area contributed by atoms with E-state index in [0.717, 1.165) is 16.7 Å². The third-order valence-electron chi connectivity index (χ3n) is 2.56. The first kappa shape index (κ1) is 11.0.